The van der Waals surface area contributed by atoms with E-state index in [1.165, 1.54) is 17.4 Å². The van der Waals surface area contributed by atoms with Gasteiger partial charge in [-0.15, -0.1) is 0 Å². The number of ether oxygens (including phenoxy) is 2. The minimum absolute atomic E-state index is 0.142. The van der Waals surface area contributed by atoms with Gasteiger partial charge in [-0.2, -0.15) is 0 Å². The Morgan fingerprint density at radius 3 is 2.80 bits per heavy atom. The van der Waals surface area contributed by atoms with Gasteiger partial charge in [-0.05, 0) is 57.4 Å². The quantitative estimate of drug-likeness (QED) is 0.850. The summed E-state index contributed by atoms with van der Waals surface area (Å²) in [5, 5.41) is 1.19. The third kappa shape index (κ3) is 1.96. The molecule has 3 heterocycles. The van der Waals surface area contributed by atoms with Gasteiger partial charge in [-0.3, -0.25) is 4.90 Å². The van der Waals surface area contributed by atoms with Crippen LogP contribution in [-0.4, -0.2) is 40.6 Å². The molecule has 132 valence electrons. The number of methoxy groups -OCH3 is 1. The third-order valence-electron chi connectivity index (χ3n) is 6.04. The van der Waals surface area contributed by atoms with E-state index < -0.39 is 5.60 Å². The summed E-state index contributed by atoms with van der Waals surface area (Å²) in [6.07, 6.45) is 2.32. The summed E-state index contributed by atoms with van der Waals surface area (Å²) in [6, 6.07) is 5.78. The maximum atomic E-state index is 13.0. The molecule has 5 rings (SSSR count). The minimum Gasteiger partial charge on any atom is -0.497 e. The summed E-state index contributed by atoms with van der Waals surface area (Å²) in [5.74, 6) is 1.24. The average molecular weight is 340 g/mol. The highest BCUT2D eigenvalue weighted by atomic mass is 16.6. The van der Waals surface area contributed by atoms with Crippen molar-refractivity contribution in [3.05, 3.63) is 29.5 Å². The normalized spacial score (nSPS) is 30.1. The average Bonchev–Trinajstić information content (AvgIpc) is 3.19. The summed E-state index contributed by atoms with van der Waals surface area (Å²) < 4.78 is 11.2. The molecule has 1 aromatic heterocycles. The molecule has 3 aliphatic rings. The van der Waals surface area contributed by atoms with Crippen molar-refractivity contribution in [2.45, 2.75) is 56.7 Å². The van der Waals surface area contributed by atoms with Gasteiger partial charge in [0.25, 0.3) is 0 Å². The van der Waals surface area contributed by atoms with Gasteiger partial charge in [-0.25, -0.2) is 4.79 Å². The molecular formula is C20H24N2O3. The molecule has 1 aliphatic carbocycles. The molecule has 3 atom stereocenters. The second-order valence-electron chi connectivity index (χ2n) is 8.60. The molecular weight excluding hydrogens is 316 g/mol. The molecule has 25 heavy (non-hydrogen) atoms. The lowest BCUT2D eigenvalue weighted by molar-refractivity contribution is -0.167. The van der Waals surface area contributed by atoms with Gasteiger partial charge in [0.2, 0.25) is 0 Å². The molecule has 0 amide bonds. The van der Waals surface area contributed by atoms with E-state index in [9.17, 15) is 4.79 Å². The van der Waals surface area contributed by atoms with E-state index in [0.29, 0.717) is 5.92 Å². The predicted octanol–water partition coefficient (Wildman–Crippen LogP) is 3.50. The first-order valence-electron chi connectivity index (χ1n) is 9.03. The van der Waals surface area contributed by atoms with Crippen molar-refractivity contribution >= 4 is 16.9 Å². The first-order valence-corrected chi connectivity index (χ1v) is 9.03. The van der Waals surface area contributed by atoms with Gasteiger partial charge in [0, 0.05) is 34.6 Å². The Kier molecular flexibility index (Phi) is 2.80. The maximum absolute atomic E-state index is 13.0. The lowest BCUT2D eigenvalue weighted by Crippen LogP contribution is -2.57. The molecule has 5 nitrogen and oxygen atoms in total. The fraction of sp³-hybridized carbons (Fsp3) is 0.550. The van der Waals surface area contributed by atoms with Crippen molar-refractivity contribution in [3.63, 3.8) is 0 Å². The zero-order valence-electron chi connectivity index (χ0n) is 15.2. The molecule has 1 saturated heterocycles. The second kappa shape index (κ2) is 4.58. The Morgan fingerprint density at radius 2 is 2.16 bits per heavy atom. The van der Waals surface area contributed by atoms with Gasteiger partial charge in [0.05, 0.1) is 7.11 Å². The Balaban J connectivity index is 1.66. The number of aromatic amines is 1. The topological polar surface area (TPSA) is 54.6 Å². The number of hydrogen-bond acceptors (Lipinski definition) is 4. The Hall–Kier alpha value is -2.01. The molecule has 1 saturated carbocycles. The maximum Gasteiger partial charge on any atom is 0.330 e. The van der Waals surface area contributed by atoms with Crippen molar-refractivity contribution in [3.8, 4) is 5.75 Å². The first-order chi connectivity index (χ1) is 11.8. The van der Waals surface area contributed by atoms with E-state index in [2.05, 4.69) is 16.0 Å². The zero-order chi connectivity index (χ0) is 17.6. The van der Waals surface area contributed by atoms with Crippen LogP contribution in [0.1, 0.15) is 56.8 Å². The molecule has 2 fully saturated rings. The lowest BCUT2D eigenvalue weighted by atomic mass is 9.84. The largest absolute Gasteiger partial charge is 0.497 e. The van der Waals surface area contributed by atoms with Gasteiger partial charge in [0.1, 0.15) is 17.4 Å². The fourth-order valence-electron chi connectivity index (χ4n) is 4.86. The highest BCUT2D eigenvalue weighted by Gasteiger charge is 2.70. The number of nitrogens with one attached hydrogen (secondary N) is 1. The van der Waals surface area contributed by atoms with E-state index in [4.69, 9.17) is 9.47 Å². The molecule has 2 aliphatic heterocycles. The van der Waals surface area contributed by atoms with E-state index in [1.807, 2.05) is 32.9 Å². The van der Waals surface area contributed by atoms with Crippen LogP contribution in [0.5, 0.6) is 5.75 Å². The molecule has 0 bridgehead atoms. The van der Waals surface area contributed by atoms with Crippen LogP contribution in [0.3, 0.4) is 0 Å². The Labute approximate surface area is 147 Å². The molecule has 5 heteroatoms. The minimum atomic E-state index is -0.481. The summed E-state index contributed by atoms with van der Waals surface area (Å²) in [7, 11) is 1.69. The predicted molar refractivity (Wildman–Crippen MR) is 94.8 cm³/mol. The van der Waals surface area contributed by atoms with Crippen LogP contribution in [0, 0.1) is 0 Å². The molecule has 1 aromatic carbocycles. The molecule has 0 radical (unpaired) electrons. The van der Waals surface area contributed by atoms with Crippen LogP contribution in [0.15, 0.2) is 18.2 Å². The number of carbonyl (C=O) groups excluding carboxylic acids is 1. The monoisotopic (exact) mass is 340 g/mol. The van der Waals surface area contributed by atoms with Gasteiger partial charge >= 0.3 is 5.97 Å². The van der Waals surface area contributed by atoms with Crippen LogP contribution >= 0.6 is 0 Å². The van der Waals surface area contributed by atoms with Crippen LogP contribution in [0.2, 0.25) is 0 Å². The number of fused-ring (bicyclic) bond motifs is 4. The molecule has 3 unspecified atom stereocenters. The zero-order valence-corrected chi connectivity index (χ0v) is 15.2. The van der Waals surface area contributed by atoms with Gasteiger partial charge < -0.3 is 14.5 Å². The molecule has 1 spiro atoms. The van der Waals surface area contributed by atoms with Gasteiger partial charge in [-0.1, -0.05) is 0 Å². The van der Waals surface area contributed by atoms with Crippen molar-refractivity contribution in [1.29, 1.82) is 0 Å². The summed E-state index contributed by atoms with van der Waals surface area (Å²) in [6.45, 7) is 6.75. The van der Waals surface area contributed by atoms with Crippen LogP contribution in [-0.2, 0) is 9.53 Å². The van der Waals surface area contributed by atoms with E-state index >= 15 is 0 Å². The summed E-state index contributed by atoms with van der Waals surface area (Å²) in [4.78, 5) is 18.9. The van der Waals surface area contributed by atoms with Crippen LogP contribution in [0.25, 0.3) is 10.9 Å². The van der Waals surface area contributed by atoms with Crippen molar-refractivity contribution < 1.29 is 14.3 Å². The number of aromatic nitrogens is 1. The number of rotatable bonds is 2. The smallest absolute Gasteiger partial charge is 0.330 e. The second-order valence-corrected chi connectivity index (χ2v) is 8.60. The highest BCUT2D eigenvalue weighted by Crippen LogP contribution is 2.69. The lowest BCUT2D eigenvalue weighted by Gasteiger charge is -2.49. The third-order valence-corrected chi connectivity index (χ3v) is 6.04. The number of benzene rings is 1. The van der Waals surface area contributed by atoms with E-state index in [0.717, 1.165) is 29.9 Å². The molecule has 1 N–H and O–H groups in total. The Morgan fingerprint density at radius 1 is 1.36 bits per heavy atom. The number of carbonyl (C=O) groups is 1. The number of esters is 1. The SMILES string of the molecule is COc1ccc2[nH]c3c(c2c1)C1CC12CCN2C3C(=O)OC(C)(C)C. The number of hydrogen-bond donors (Lipinski definition) is 1. The van der Waals surface area contributed by atoms with Crippen molar-refractivity contribution in [1.82, 2.24) is 9.88 Å². The number of nitrogens with zero attached hydrogens (tertiary/aromatic N) is 1. The van der Waals surface area contributed by atoms with Gasteiger partial charge in [0.15, 0.2) is 0 Å². The van der Waals surface area contributed by atoms with Crippen molar-refractivity contribution in [2.24, 2.45) is 0 Å². The van der Waals surface area contributed by atoms with Crippen LogP contribution < -0.4 is 4.74 Å². The fourth-order valence-corrected chi connectivity index (χ4v) is 4.86. The summed E-state index contributed by atoms with van der Waals surface area (Å²) in [5.41, 5.74) is 3.11. The van der Waals surface area contributed by atoms with Crippen molar-refractivity contribution in [2.75, 3.05) is 13.7 Å². The van der Waals surface area contributed by atoms with E-state index in [1.54, 1.807) is 7.11 Å². The standard InChI is InChI=1S/C20H24N2O3/c1-19(2,3)25-18(23)17-16-15(13-10-20(13)7-8-22(17)20)12-9-11(24-4)5-6-14(12)21-16/h5-6,9,13,17,21H,7-8,10H2,1-4H3. The van der Waals surface area contributed by atoms with Crippen LogP contribution in [0.4, 0.5) is 0 Å². The number of H-pyrrole nitrogens is 1. The Bertz CT molecular complexity index is 894. The first kappa shape index (κ1) is 15.3. The molecule has 2 aromatic rings. The highest BCUT2D eigenvalue weighted by molar-refractivity contribution is 5.91. The van der Waals surface area contributed by atoms with E-state index in [-0.39, 0.29) is 17.6 Å². The summed E-state index contributed by atoms with van der Waals surface area (Å²) >= 11 is 0.